The number of aromatic nitrogens is 1. The number of amides is 1. The minimum absolute atomic E-state index is 0.0348. The molecule has 2 heterocycles. The summed E-state index contributed by atoms with van der Waals surface area (Å²) in [6, 6.07) is 2.44. The molecule has 6 heteroatoms. The Bertz CT molecular complexity index is 745. The van der Waals surface area contributed by atoms with Gasteiger partial charge in [0.1, 0.15) is 0 Å². The Labute approximate surface area is 144 Å². The highest BCUT2D eigenvalue weighted by molar-refractivity contribution is 7.91. The van der Waals surface area contributed by atoms with Crippen LogP contribution in [0.5, 0.6) is 0 Å². The van der Waals surface area contributed by atoms with Crippen LogP contribution < -0.4 is 5.32 Å². The van der Waals surface area contributed by atoms with Crippen LogP contribution in [0.4, 0.5) is 0 Å². The Morgan fingerprint density at radius 3 is 2.50 bits per heavy atom. The normalized spacial score (nSPS) is 27.3. The first-order valence-electron chi connectivity index (χ1n) is 8.92. The van der Waals surface area contributed by atoms with Gasteiger partial charge in [-0.1, -0.05) is 19.3 Å². The topological polar surface area (TPSA) is 68.2 Å². The molecule has 0 bridgehead atoms. The second kappa shape index (κ2) is 6.21. The van der Waals surface area contributed by atoms with Crippen LogP contribution in [-0.2, 0) is 9.84 Å². The molecule has 1 aromatic rings. The van der Waals surface area contributed by atoms with Gasteiger partial charge in [0, 0.05) is 17.4 Å². The minimum atomic E-state index is -3.03. The lowest BCUT2D eigenvalue weighted by atomic mass is 9.95. The summed E-state index contributed by atoms with van der Waals surface area (Å²) < 4.78 is 25.8. The van der Waals surface area contributed by atoms with Gasteiger partial charge in [-0.15, -0.1) is 0 Å². The first kappa shape index (κ1) is 17.5. The Balaban J connectivity index is 1.81. The van der Waals surface area contributed by atoms with Crippen LogP contribution in [0, 0.1) is 13.8 Å². The van der Waals surface area contributed by atoms with E-state index in [1.165, 1.54) is 32.1 Å². The fourth-order valence-corrected chi connectivity index (χ4v) is 6.45. The molecule has 1 unspecified atom stereocenters. The van der Waals surface area contributed by atoms with E-state index in [0.29, 0.717) is 18.0 Å². The van der Waals surface area contributed by atoms with Crippen molar-refractivity contribution in [2.75, 3.05) is 11.5 Å². The van der Waals surface area contributed by atoms with Crippen LogP contribution in [0.1, 0.15) is 73.2 Å². The highest BCUT2D eigenvalue weighted by Crippen LogP contribution is 2.32. The molecule has 0 aromatic carbocycles. The van der Waals surface area contributed by atoms with Crippen molar-refractivity contribution in [3.05, 3.63) is 23.0 Å². The second-order valence-corrected chi connectivity index (χ2v) is 9.99. The Hall–Kier alpha value is -1.30. The fraction of sp³-hybridized carbons (Fsp3) is 0.722. The van der Waals surface area contributed by atoms with E-state index >= 15 is 0 Å². The lowest BCUT2D eigenvalue weighted by molar-refractivity contribution is 0.0914. The smallest absolute Gasteiger partial charge is 0.253 e. The maximum absolute atomic E-state index is 12.8. The summed E-state index contributed by atoms with van der Waals surface area (Å²) in [5.41, 5.74) is 2.15. The van der Waals surface area contributed by atoms with Crippen molar-refractivity contribution in [2.24, 2.45) is 0 Å². The summed E-state index contributed by atoms with van der Waals surface area (Å²) in [6.07, 6.45) is 6.64. The monoisotopic (exact) mass is 352 g/mol. The number of nitrogens with one attached hydrogen (secondary N) is 1. The van der Waals surface area contributed by atoms with Gasteiger partial charge in [-0.3, -0.25) is 4.79 Å². The van der Waals surface area contributed by atoms with Crippen molar-refractivity contribution in [3.8, 4) is 0 Å². The lowest BCUT2D eigenvalue weighted by Crippen LogP contribution is -2.47. The molecule has 1 N–H and O–H groups in total. The first-order valence-corrected chi connectivity index (χ1v) is 10.7. The summed E-state index contributed by atoms with van der Waals surface area (Å²) in [5.74, 6) is 0.0441. The Kier molecular flexibility index (Phi) is 4.53. The molecule has 24 heavy (non-hydrogen) atoms. The van der Waals surface area contributed by atoms with Gasteiger partial charge < -0.3 is 9.88 Å². The molecule has 5 nitrogen and oxygen atoms in total. The molecule has 1 saturated heterocycles. The van der Waals surface area contributed by atoms with Gasteiger partial charge in [0.2, 0.25) is 0 Å². The van der Waals surface area contributed by atoms with Crippen molar-refractivity contribution in [1.82, 2.24) is 9.88 Å². The molecule has 134 valence electrons. The SMILES string of the molecule is Cc1cc(C(=O)NC2(C)CCS(=O)(=O)C2)c(C)n1C1CCCCC1. The summed E-state index contributed by atoms with van der Waals surface area (Å²) >= 11 is 0. The molecule has 3 rings (SSSR count). The Morgan fingerprint density at radius 2 is 1.92 bits per heavy atom. The van der Waals surface area contributed by atoms with Crippen LogP contribution in [0.25, 0.3) is 0 Å². The summed E-state index contributed by atoms with van der Waals surface area (Å²) in [5, 5.41) is 2.98. The largest absolute Gasteiger partial charge is 0.346 e. The predicted octanol–water partition coefficient (Wildman–Crippen LogP) is 2.92. The number of nitrogens with zero attached hydrogens (tertiary/aromatic N) is 1. The van der Waals surface area contributed by atoms with Crippen molar-refractivity contribution < 1.29 is 13.2 Å². The van der Waals surface area contributed by atoms with E-state index < -0.39 is 15.4 Å². The molecular formula is C18H28N2O3S. The van der Waals surface area contributed by atoms with Gasteiger partial charge >= 0.3 is 0 Å². The van der Waals surface area contributed by atoms with E-state index in [9.17, 15) is 13.2 Å². The molecule has 0 radical (unpaired) electrons. The lowest BCUT2D eigenvalue weighted by Gasteiger charge is -2.27. The van der Waals surface area contributed by atoms with E-state index in [1.807, 2.05) is 19.9 Å². The molecule has 0 spiro atoms. The summed E-state index contributed by atoms with van der Waals surface area (Å²) in [4.78, 5) is 12.8. The van der Waals surface area contributed by atoms with Crippen LogP contribution in [0.2, 0.25) is 0 Å². The van der Waals surface area contributed by atoms with Gasteiger partial charge in [0.15, 0.2) is 9.84 Å². The number of rotatable bonds is 3. The highest BCUT2D eigenvalue weighted by Gasteiger charge is 2.40. The standard InChI is InChI=1S/C18H28N2O3S/c1-13-11-16(14(2)20(13)15-7-5-4-6-8-15)17(21)19-18(3)9-10-24(22,23)12-18/h11,15H,4-10,12H2,1-3H3,(H,19,21). The number of aryl methyl sites for hydroxylation is 1. The molecule has 2 fully saturated rings. The van der Waals surface area contributed by atoms with Crippen molar-refractivity contribution in [1.29, 1.82) is 0 Å². The zero-order valence-electron chi connectivity index (χ0n) is 14.9. The first-order chi connectivity index (χ1) is 11.2. The number of sulfone groups is 1. The van der Waals surface area contributed by atoms with E-state index in [0.717, 1.165) is 11.4 Å². The molecular weight excluding hydrogens is 324 g/mol. The number of hydrogen-bond donors (Lipinski definition) is 1. The molecule has 1 amide bonds. The van der Waals surface area contributed by atoms with Crippen LogP contribution in [-0.4, -0.2) is 35.9 Å². The third-order valence-electron chi connectivity index (χ3n) is 5.59. The Morgan fingerprint density at radius 1 is 1.25 bits per heavy atom. The van der Waals surface area contributed by atoms with Gasteiger partial charge in [-0.25, -0.2) is 8.42 Å². The molecule has 1 atom stereocenters. The molecule has 1 aliphatic carbocycles. The van der Waals surface area contributed by atoms with E-state index in [2.05, 4.69) is 16.8 Å². The van der Waals surface area contributed by atoms with Gasteiger partial charge in [-0.05, 0) is 46.1 Å². The average molecular weight is 353 g/mol. The quantitative estimate of drug-likeness (QED) is 0.909. The van der Waals surface area contributed by atoms with E-state index in [-0.39, 0.29) is 17.4 Å². The zero-order chi connectivity index (χ0) is 17.5. The van der Waals surface area contributed by atoms with E-state index in [1.54, 1.807) is 0 Å². The number of carbonyl (C=O) groups is 1. The average Bonchev–Trinajstić information content (AvgIpc) is 2.95. The summed E-state index contributed by atoms with van der Waals surface area (Å²) in [6.45, 7) is 5.89. The van der Waals surface area contributed by atoms with Crippen molar-refractivity contribution >= 4 is 15.7 Å². The minimum Gasteiger partial charge on any atom is -0.346 e. The predicted molar refractivity (Wildman–Crippen MR) is 95.2 cm³/mol. The van der Waals surface area contributed by atoms with Gasteiger partial charge in [-0.2, -0.15) is 0 Å². The van der Waals surface area contributed by atoms with Gasteiger partial charge in [0.25, 0.3) is 5.91 Å². The van der Waals surface area contributed by atoms with Crippen LogP contribution in [0.15, 0.2) is 6.07 Å². The van der Waals surface area contributed by atoms with Gasteiger partial charge in [0.05, 0.1) is 22.6 Å². The van der Waals surface area contributed by atoms with Crippen molar-refractivity contribution in [2.45, 2.75) is 70.9 Å². The fourth-order valence-electron chi connectivity index (χ4n) is 4.36. The van der Waals surface area contributed by atoms with Crippen LogP contribution in [0.3, 0.4) is 0 Å². The van der Waals surface area contributed by atoms with Crippen molar-refractivity contribution in [3.63, 3.8) is 0 Å². The van der Waals surface area contributed by atoms with E-state index in [4.69, 9.17) is 0 Å². The zero-order valence-corrected chi connectivity index (χ0v) is 15.7. The maximum atomic E-state index is 12.8. The maximum Gasteiger partial charge on any atom is 0.253 e. The third-order valence-corrected chi connectivity index (χ3v) is 7.49. The highest BCUT2D eigenvalue weighted by atomic mass is 32.2. The third kappa shape index (κ3) is 3.39. The number of hydrogen-bond acceptors (Lipinski definition) is 3. The summed E-state index contributed by atoms with van der Waals surface area (Å²) in [7, 11) is -3.03. The second-order valence-electron chi connectivity index (χ2n) is 7.80. The molecule has 2 aliphatic rings. The van der Waals surface area contributed by atoms with Crippen LogP contribution >= 0.6 is 0 Å². The molecule has 1 saturated carbocycles. The molecule has 1 aromatic heterocycles. The molecule has 1 aliphatic heterocycles. The number of carbonyl (C=O) groups excluding carboxylic acids is 1.